The Hall–Kier alpha value is -1.56. The van der Waals surface area contributed by atoms with E-state index in [4.69, 9.17) is 4.98 Å². The van der Waals surface area contributed by atoms with Crippen LogP contribution in [-0.2, 0) is 19.5 Å². The zero-order valence-corrected chi connectivity index (χ0v) is 13.1. The third kappa shape index (κ3) is 2.77. The molecule has 0 aliphatic heterocycles. The van der Waals surface area contributed by atoms with Crippen LogP contribution in [0.2, 0.25) is 0 Å². The number of aromatic nitrogens is 2. The summed E-state index contributed by atoms with van der Waals surface area (Å²) in [6, 6.07) is 8.28. The number of benzene rings is 1. The van der Waals surface area contributed by atoms with Crippen molar-refractivity contribution in [2.75, 3.05) is 0 Å². The molecule has 0 bridgehead atoms. The second kappa shape index (κ2) is 5.67. The Morgan fingerprint density at radius 2 is 1.90 bits per heavy atom. The van der Waals surface area contributed by atoms with Crippen molar-refractivity contribution in [1.29, 1.82) is 0 Å². The summed E-state index contributed by atoms with van der Waals surface area (Å²) in [5.74, 6) is 0. The highest BCUT2D eigenvalue weighted by Crippen LogP contribution is 2.25. The third-order valence-corrected chi connectivity index (χ3v) is 5.58. The molecule has 106 valence electrons. The predicted molar refractivity (Wildman–Crippen MR) is 89.6 cm³/mol. The summed E-state index contributed by atoms with van der Waals surface area (Å²) in [6.07, 6.45) is 6.64. The molecule has 0 unspecified atom stereocenters. The number of hydrogen-bond acceptors (Lipinski definition) is 5. The molecule has 2 heterocycles. The first-order valence-electron chi connectivity index (χ1n) is 7.09. The molecule has 4 rings (SSSR count). The Balaban J connectivity index is 1.41. The average Bonchev–Trinajstić information content (AvgIpc) is 3.09. The first kappa shape index (κ1) is 13.1. The summed E-state index contributed by atoms with van der Waals surface area (Å²) < 4.78 is 1.25. The third-order valence-electron chi connectivity index (χ3n) is 3.48. The van der Waals surface area contributed by atoms with E-state index in [-0.39, 0.29) is 0 Å². The lowest BCUT2D eigenvalue weighted by atomic mass is 10.1. The second-order valence-corrected chi connectivity index (χ2v) is 7.27. The van der Waals surface area contributed by atoms with Crippen LogP contribution in [0.1, 0.15) is 27.0 Å². The number of nitrogens with one attached hydrogen (secondary N) is 1. The number of fused-ring (bicyclic) bond motifs is 2. The van der Waals surface area contributed by atoms with E-state index in [2.05, 4.69) is 40.7 Å². The minimum Gasteiger partial charge on any atom is -0.304 e. The smallest absolute Gasteiger partial charge is 0.108 e. The second-order valence-electron chi connectivity index (χ2n) is 5.04. The van der Waals surface area contributed by atoms with Gasteiger partial charge >= 0.3 is 0 Å². The highest BCUT2D eigenvalue weighted by molar-refractivity contribution is 7.18. The number of rotatable bonds is 4. The van der Waals surface area contributed by atoms with E-state index in [1.54, 1.807) is 22.7 Å². The lowest BCUT2D eigenvalue weighted by molar-refractivity contribution is 0.685. The Morgan fingerprint density at radius 1 is 1.05 bits per heavy atom. The number of nitrogens with zero attached hydrogens (tertiary/aromatic N) is 2. The summed E-state index contributed by atoms with van der Waals surface area (Å²) in [7, 11) is 0. The first-order chi connectivity index (χ1) is 10.4. The van der Waals surface area contributed by atoms with Gasteiger partial charge in [0.2, 0.25) is 0 Å². The largest absolute Gasteiger partial charge is 0.304 e. The number of thiazole rings is 2. The minimum absolute atomic E-state index is 0.805. The van der Waals surface area contributed by atoms with Gasteiger partial charge in [-0.1, -0.05) is 18.2 Å². The van der Waals surface area contributed by atoms with Crippen molar-refractivity contribution >= 4 is 39.0 Å². The van der Waals surface area contributed by atoms with Gasteiger partial charge in [0.15, 0.2) is 0 Å². The fourth-order valence-electron chi connectivity index (χ4n) is 2.48. The van der Waals surface area contributed by atoms with Gasteiger partial charge in [-0.25, -0.2) is 9.97 Å². The van der Waals surface area contributed by atoms with Crippen LogP contribution in [0.5, 0.6) is 0 Å². The minimum atomic E-state index is 0.805. The lowest BCUT2D eigenvalue weighted by Crippen LogP contribution is -2.12. The van der Waals surface area contributed by atoms with Crippen molar-refractivity contribution in [2.24, 2.45) is 0 Å². The maximum atomic E-state index is 4.71. The molecule has 3 aromatic rings. The molecule has 21 heavy (non-hydrogen) atoms. The highest BCUT2D eigenvalue weighted by atomic mass is 32.1. The Morgan fingerprint density at radius 3 is 2.76 bits per heavy atom. The van der Waals surface area contributed by atoms with E-state index in [1.807, 2.05) is 6.07 Å². The molecular formula is C16H15N3S2. The molecule has 1 N–H and O–H groups in total. The first-order valence-corrected chi connectivity index (χ1v) is 8.72. The zero-order valence-electron chi connectivity index (χ0n) is 11.5. The molecule has 0 amide bonds. The predicted octanol–water partition coefficient (Wildman–Crippen LogP) is 4.00. The van der Waals surface area contributed by atoms with Crippen molar-refractivity contribution in [2.45, 2.75) is 25.9 Å². The van der Waals surface area contributed by atoms with Gasteiger partial charge in [0.1, 0.15) is 10.0 Å². The molecule has 3 nitrogen and oxygen atoms in total. The van der Waals surface area contributed by atoms with Crippen LogP contribution in [-0.4, -0.2) is 9.97 Å². The van der Waals surface area contributed by atoms with Crippen molar-refractivity contribution < 1.29 is 0 Å². The van der Waals surface area contributed by atoms with Gasteiger partial charge in [-0.2, -0.15) is 0 Å². The zero-order chi connectivity index (χ0) is 14.1. The summed E-state index contributed by atoms with van der Waals surface area (Å²) >= 11 is 3.56. The van der Waals surface area contributed by atoms with Crippen molar-refractivity contribution in [3.63, 3.8) is 0 Å². The van der Waals surface area contributed by atoms with Crippen LogP contribution in [0.3, 0.4) is 0 Å². The average molecular weight is 313 g/mol. The lowest BCUT2D eigenvalue weighted by Gasteiger charge is -1.99. The number of allylic oxidation sites excluding steroid dienone is 1. The molecule has 0 saturated carbocycles. The summed E-state index contributed by atoms with van der Waals surface area (Å²) in [5, 5.41) is 5.77. The van der Waals surface area contributed by atoms with Crippen molar-refractivity contribution in [3.8, 4) is 0 Å². The highest BCUT2D eigenvalue weighted by Gasteiger charge is 2.11. The SMILES string of the molecule is C1=Cc2sc(CNCc3nc4ccccc4s3)nc2CC1. The van der Waals surface area contributed by atoms with Gasteiger partial charge in [0.25, 0.3) is 0 Å². The Kier molecular flexibility index (Phi) is 3.55. The fourth-order valence-corrected chi connectivity index (χ4v) is 4.43. The van der Waals surface area contributed by atoms with E-state index in [0.29, 0.717) is 0 Å². The van der Waals surface area contributed by atoms with Crippen LogP contribution in [0.4, 0.5) is 0 Å². The summed E-state index contributed by atoms with van der Waals surface area (Å²) in [5.41, 5.74) is 2.36. The Labute approximate surface area is 131 Å². The monoisotopic (exact) mass is 313 g/mol. The molecule has 2 aromatic heterocycles. The number of para-hydroxylation sites is 1. The van der Waals surface area contributed by atoms with Gasteiger partial charge in [0.05, 0.1) is 20.8 Å². The molecule has 1 aliphatic carbocycles. The topological polar surface area (TPSA) is 37.8 Å². The molecule has 1 aromatic carbocycles. The summed E-state index contributed by atoms with van der Waals surface area (Å²) in [6.45, 7) is 1.63. The van der Waals surface area contributed by atoms with Crippen molar-refractivity contribution in [1.82, 2.24) is 15.3 Å². The maximum Gasteiger partial charge on any atom is 0.108 e. The van der Waals surface area contributed by atoms with E-state index in [0.717, 1.165) is 36.5 Å². The molecule has 0 fully saturated rings. The Bertz CT molecular complexity index is 768. The quantitative estimate of drug-likeness (QED) is 0.791. The molecule has 1 aliphatic rings. The molecule has 0 radical (unpaired) electrons. The maximum absolute atomic E-state index is 4.71. The van der Waals surface area contributed by atoms with Gasteiger partial charge in [-0.15, -0.1) is 22.7 Å². The van der Waals surface area contributed by atoms with Gasteiger partial charge in [-0.3, -0.25) is 0 Å². The molecule has 0 atom stereocenters. The van der Waals surface area contributed by atoms with Gasteiger partial charge in [-0.05, 0) is 31.1 Å². The number of aryl methyl sites for hydroxylation is 1. The van der Waals surface area contributed by atoms with E-state index in [1.165, 1.54) is 20.3 Å². The van der Waals surface area contributed by atoms with Crippen LogP contribution >= 0.6 is 22.7 Å². The normalized spacial score (nSPS) is 13.7. The van der Waals surface area contributed by atoms with Crippen LogP contribution in [0.15, 0.2) is 30.3 Å². The van der Waals surface area contributed by atoms with Crippen LogP contribution in [0.25, 0.3) is 16.3 Å². The molecule has 0 saturated heterocycles. The standard InChI is InChI=1S/C16H15N3S2/c1-3-7-13-11(5-1)18-15(20-13)9-17-10-16-19-12-6-2-4-8-14(12)21-16/h1,3-5,7-8,17H,2,6,9-10H2. The molecule has 5 heteroatoms. The van der Waals surface area contributed by atoms with Crippen LogP contribution < -0.4 is 5.32 Å². The van der Waals surface area contributed by atoms with Gasteiger partial charge < -0.3 is 5.32 Å². The molecular weight excluding hydrogens is 298 g/mol. The fraction of sp³-hybridized carbons (Fsp3) is 0.250. The van der Waals surface area contributed by atoms with Gasteiger partial charge in [0, 0.05) is 13.1 Å². The summed E-state index contributed by atoms with van der Waals surface area (Å²) in [4.78, 5) is 10.7. The van der Waals surface area contributed by atoms with E-state index >= 15 is 0 Å². The van der Waals surface area contributed by atoms with Crippen LogP contribution in [0, 0.1) is 0 Å². The van der Waals surface area contributed by atoms with E-state index in [9.17, 15) is 0 Å². The molecule has 0 spiro atoms. The number of hydrogen-bond donors (Lipinski definition) is 1. The van der Waals surface area contributed by atoms with E-state index < -0.39 is 0 Å². The van der Waals surface area contributed by atoms with Crippen molar-refractivity contribution in [3.05, 3.63) is 50.9 Å².